The third-order valence-corrected chi connectivity index (χ3v) is 4.08. The summed E-state index contributed by atoms with van der Waals surface area (Å²) in [6, 6.07) is 8.47. The molecule has 0 fully saturated rings. The second kappa shape index (κ2) is 6.92. The molecule has 19 heavy (non-hydrogen) atoms. The van der Waals surface area contributed by atoms with Gasteiger partial charge in [0.1, 0.15) is 0 Å². The van der Waals surface area contributed by atoms with E-state index in [1.807, 2.05) is 0 Å². The molecule has 1 unspecified atom stereocenters. The number of anilines is 1. The van der Waals surface area contributed by atoms with Crippen LogP contribution in [0, 0.1) is 12.8 Å². The number of hydrogen-bond acceptors (Lipinski definition) is 3. The zero-order valence-corrected chi connectivity index (χ0v) is 12.9. The molecule has 0 aromatic heterocycles. The van der Waals surface area contributed by atoms with Gasteiger partial charge < -0.3 is 15.4 Å². The SMILES string of the molecule is CCN(c1ccccc1C)C(CN)(COC)C(C)C. The van der Waals surface area contributed by atoms with Gasteiger partial charge in [0.25, 0.3) is 0 Å². The Hall–Kier alpha value is -1.06. The molecule has 0 aliphatic carbocycles. The second-order valence-corrected chi connectivity index (χ2v) is 5.43. The summed E-state index contributed by atoms with van der Waals surface area (Å²) in [7, 11) is 1.75. The van der Waals surface area contributed by atoms with Gasteiger partial charge in [-0.2, -0.15) is 0 Å². The summed E-state index contributed by atoms with van der Waals surface area (Å²) in [6.45, 7) is 10.9. The lowest BCUT2D eigenvalue weighted by Gasteiger charge is -2.47. The predicted molar refractivity (Wildman–Crippen MR) is 82.7 cm³/mol. The number of nitrogens with two attached hydrogens (primary N) is 1. The highest BCUT2D eigenvalue weighted by molar-refractivity contribution is 5.55. The molecule has 0 bridgehead atoms. The fourth-order valence-corrected chi connectivity index (χ4v) is 2.80. The number of rotatable bonds is 7. The molecule has 0 aliphatic heterocycles. The van der Waals surface area contributed by atoms with Crippen LogP contribution in [-0.4, -0.2) is 32.3 Å². The van der Waals surface area contributed by atoms with Crippen molar-refractivity contribution in [2.24, 2.45) is 11.7 Å². The van der Waals surface area contributed by atoms with Crippen LogP contribution in [0.5, 0.6) is 0 Å². The summed E-state index contributed by atoms with van der Waals surface area (Å²) in [6.07, 6.45) is 0. The smallest absolute Gasteiger partial charge is 0.0779 e. The van der Waals surface area contributed by atoms with E-state index < -0.39 is 0 Å². The summed E-state index contributed by atoms with van der Waals surface area (Å²) in [4.78, 5) is 2.40. The van der Waals surface area contributed by atoms with Gasteiger partial charge in [0.2, 0.25) is 0 Å². The highest BCUT2D eigenvalue weighted by Gasteiger charge is 2.38. The molecule has 0 saturated carbocycles. The van der Waals surface area contributed by atoms with Crippen molar-refractivity contribution in [1.82, 2.24) is 0 Å². The number of ether oxygens (including phenoxy) is 1. The third-order valence-electron chi connectivity index (χ3n) is 4.08. The predicted octanol–water partition coefficient (Wildman–Crippen LogP) is 2.82. The van der Waals surface area contributed by atoms with E-state index in [0.717, 1.165) is 6.54 Å². The van der Waals surface area contributed by atoms with Gasteiger partial charge in [0, 0.05) is 25.9 Å². The van der Waals surface area contributed by atoms with Gasteiger partial charge in [-0.05, 0) is 31.4 Å². The van der Waals surface area contributed by atoms with Crippen LogP contribution in [-0.2, 0) is 4.74 Å². The van der Waals surface area contributed by atoms with Crippen LogP contribution in [0.15, 0.2) is 24.3 Å². The van der Waals surface area contributed by atoms with E-state index in [4.69, 9.17) is 10.5 Å². The summed E-state index contributed by atoms with van der Waals surface area (Å²) >= 11 is 0. The first-order valence-electron chi connectivity index (χ1n) is 7.05. The number of likely N-dealkylation sites (N-methyl/N-ethyl adjacent to an activating group) is 1. The maximum Gasteiger partial charge on any atom is 0.0779 e. The first kappa shape index (κ1) is 16.0. The van der Waals surface area contributed by atoms with Gasteiger partial charge in [0.15, 0.2) is 0 Å². The molecular formula is C16H28N2O. The van der Waals surface area contributed by atoms with Crippen LogP contribution in [0.1, 0.15) is 26.3 Å². The number of para-hydroxylation sites is 1. The standard InChI is InChI=1S/C16H28N2O/c1-6-18(15-10-8-7-9-14(15)4)16(11-17,12-19-5)13(2)3/h7-10,13H,6,11-12,17H2,1-5H3. The lowest BCUT2D eigenvalue weighted by molar-refractivity contribution is 0.103. The Kier molecular flexibility index (Phi) is 5.83. The van der Waals surface area contributed by atoms with Crippen molar-refractivity contribution in [2.75, 3.05) is 31.7 Å². The van der Waals surface area contributed by atoms with Gasteiger partial charge in [-0.3, -0.25) is 0 Å². The van der Waals surface area contributed by atoms with Crippen LogP contribution in [0.25, 0.3) is 0 Å². The molecule has 2 N–H and O–H groups in total. The van der Waals surface area contributed by atoms with Crippen LogP contribution >= 0.6 is 0 Å². The zero-order valence-electron chi connectivity index (χ0n) is 12.9. The molecule has 0 amide bonds. The van der Waals surface area contributed by atoms with Gasteiger partial charge >= 0.3 is 0 Å². The third kappa shape index (κ3) is 3.10. The first-order valence-corrected chi connectivity index (χ1v) is 7.05. The van der Waals surface area contributed by atoms with Crippen molar-refractivity contribution >= 4 is 5.69 Å². The minimum absolute atomic E-state index is 0.157. The van der Waals surface area contributed by atoms with Gasteiger partial charge in [-0.15, -0.1) is 0 Å². The van der Waals surface area contributed by atoms with Gasteiger partial charge in [-0.1, -0.05) is 32.0 Å². The molecule has 0 spiro atoms. The van der Waals surface area contributed by atoms with E-state index in [1.54, 1.807) is 7.11 Å². The highest BCUT2D eigenvalue weighted by Crippen LogP contribution is 2.32. The van der Waals surface area contributed by atoms with E-state index >= 15 is 0 Å². The fourth-order valence-electron chi connectivity index (χ4n) is 2.80. The maximum absolute atomic E-state index is 6.14. The second-order valence-electron chi connectivity index (χ2n) is 5.43. The molecular weight excluding hydrogens is 236 g/mol. The average Bonchev–Trinajstić information content (AvgIpc) is 2.40. The minimum atomic E-state index is -0.157. The van der Waals surface area contributed by atoms with Crippen LogP contribution in [0.2, 0.25) is 0 Å². The van der Waals surface area contributed by atoms with Crippen molar-refractivity contribution in [3.05, 3.63) is 29.8 Å². The Morgan fingerprint density at radius 2 is 1.95 bits per heavy atom. The molecule has 3 heteroatoms. The maximum atomic E-state index is 6.14. The molecule has 1 aromatic carbocycles. The number of methoxy groups -OCH3 is 1. The Morgan fingerprint density at radius 1 is 1.32 bits per heavy atom. The monoisotopic (exact) mass is 264 g/mol. The molecule has 0 heterocycles. The summed E-state index contributed by atoms with van der Waals surface area (Å²) in [5.41, 5.74) is 8.51. The van der Waals surface area contributed by atoms with Crippen molar-refractivity contribution < 1.29 is 4.74 Å². The highest BCUT2D eigenvalue weighted by atomic mass is 16.5. The van der Waals surface area contributed by atoms with Crippen LogP contribution in [0.3, 0.4) is 0 Å². The van der Waals surface area contributed by atoms with Gasteiger partial charge in [-0.25, -0.2) is 0 Å². The van der Waals surface area contributed by atoms with E-state index in [2.05, 4.69) is 56.9 Å². The summed E-state index contributed by atoms with van der Waals surface area (Å²) in [5, 5.41) is 0. The average molecular weight is 264 g/mol. The molecule has 3 nitrogen and oxygen atoms in total. The molecule has 1 aromatic rings. The molecule has 0 aliphatic rings. The molecule has 0 saturated heterocycles. The van der Waals surface area contributed by atoms with Crippen molar-refractivity contribution in [3.8, 4) is 0 Å². The van der Waals surface area contributed by atoms with Crippen molar-refractivity contribution in [3.63, 3.8) is 0 Å². The van der Waals surface area contributed by atoms with E-state index in [-0.39, 0.29) is 5.54 Å². The van der Waals surface area contributed by atoms with E-state index in [1.165, 1.54) is 11.3 Å². The van der Waals surface area contributed by atoms with Gasteiger partial charge in [0.05, 0.1) is 12.1 Å². The number of benzene rings is 1. The zero-order chi connectivity index (χ0) is 14.5. The molecule has 1 atom stereocenters. The largest absolute Gasteiger partial charge is 0.382 e. The normalized spacial score (nSPS) is 14.5. The number of hydrogen-bond donors (Lipinski definition) is 1. The Morgan fingerprint density at radius 3 is 2.37 bits per heavy atom. The lowest BCUT2D eigenvalue weighted by atomic mass is 9.84. The molecule has 0 radical (unpaired) electrons. The van der Waals surface area contributed by atoms with Crippen molar-refractivity contribution in [1.29, 1.82) is 0 Å². The fraction of sp³-hybridized carbons (Fsp3) is 0.625. The van der Waals surface area contributed by atoms with Crippen LogP contribution in [0.4, 0.5) is 5.69 Å². The summed E-state index contributed by atoms with van der Waals surface area (Å²) in [5.74, 6) is 0.414. The van der Waals surface area contributed by atoms with E-state index in [9.17, 15) is 0 Å². The quantitative estimate of drug-likeness (QED) is 0.823. The number of aryl methyl sites for hydroxylation is 1. The summed E-state index contributed by atoms with van der Waals surface area (Å²) < 4.78 is 5.48. The molecule has 1 rings (SSSR count). The Bertz CT molecular complexity index is 392. The lowest BCUT2D eigenvalue weighted by Crippen LogP contribution is -2.61. The van der Waals surface area contributed by atoms with E-state index in [0.29, 0.717) is 19.1 Å². The Labute approximate surface area is 117 Å². The van der Waals surface area contributed by atoms with Crippen LogP contribution < -0.4 is 10.6 Å². The Balaban J connectivity index is 3.28. The first-order chi connectivity index (χ1) is 9.03. The number of nitrogens with zero attached hydrogens (tertiary/aromatic N) is 1. The molecule has 108 valence electrons. The van der Waals surface area contributed by atoms with Crippen molar-refractivity contribution in [2.45, 2.75) is 33.2 Å². The topological polar surface area (TPSA) is 38.5 Å². The minimum Gasteiger partial charge on any atom is -0.382 e.